The van der Waals surface area contributed by atoms with E-state index in [4.69, 9.17) is 40.2 Å². The number of piperazine rings is 1. The normalized spacial score (nSPS) is 21.9. The minimum absolute atomic E-state index is 0.316. The van der Waals surface area contributed by atoms with E-state index in [0.717, 1.165) is 74.4 Å². The fourth-order valence-electron chi connectivity index (χ4n) is 3.12. The average Bonchev–Trinajstić information content (AvgIpc) is 3.09. The number of benzene rings is 1. The number of hydrogen-bond acceptors (Lipinski definition) is 3. The van der Waals surface area contributed by atoms with Gasteiger partial charge in [-0.1, -0.05) is 29.3 Å². The Labute approximate surface area is 159 Å². The van der Waals surface area contributed by atoms with Crippen LogP contribution < -0.4 is 5.32 Å². The van der Waals surface area contributed by atoms with Gasteiger partial charge in [0.15, 0.2) is 5.11 Å². The van der Waals surface area contributed by atoms with E-state index in [1.165, 1.54) is 0 Å². The summed E-state index contributed by atoms with van der Waals surface area (Å²) in [4.78, 5) is 4.64. The second-order valence-electron chi connectivity index (χ2n) is 6.32. The molecule has 2 aliphatic rings. The van der Waals surface area contributed by atoms with Crippen molar-refractivity contribution in [3.05, 3.63) is 33.8 Å². The molecule has 24 heavy (non-hydrogen) atoms. The van der Waals surface area contributed by atoms with Crippen molar-refractivity contribution in [3.63, 3.8) is 0 Å². The summed E-state index contributed by atoms with van der Waals surface area (Å²) in [5.41, 5.74) is 1.12. The van der Waals surface area contributed by atoms with Gasteiger partial charge >= 0.3 is 0 Å². The molecule has 0 saturated carbocycles. The van der Waals surface area contributed by atoms with Gasteiger partial charge in [0, 0.05) is 55.9 Å². The molecule has 0 amide bonds. The highest BCUT2D eigenvalue weighted by molar-refractivity contribution is 7.80. The van der Waals surface area contributed by atoms with Crippen molar-refractivity contribution in [1.82, 2.24) is 15.1 Å². The van der Waals surface area contributed by atoms with Crippen LogP contribution in [0.1, 0.15) is 18.4 Å². The van der Waals surface area contributed by atoms with Crippen molar-refractivity contribution in [1.29, 1.82) is 0 Å². The maximum absolute atomic E-state index is 6.27. The van der Waals surface area contributed by atoms with Crippen LogP contribution in [0.25, 0.3) is 0 Å². The Bertz CT molecular complexity index is 573. The van der Waals surface area contributed by atoms with E-state index in [-0.39, 0.29) is 0 Å². The minimum Gasteiger partial charge on any atom is -0.376 e. The maximum atomic E-state index is 6.27. The van der Waals surface area contributed by atoms with Gasteiger partial charge in [0.2, 0.25) is 0 Å². The lowest BCUT2D eigenvalue weighted by Gasteiger charge is -2.36. The molecule has 4 nitrogen and oxygen atoms in total. The van der Waals surface area contributed by atoms with Crippen LogP contribution in [-0.2, 0) is 11.3 Å². The smallest absolute Gasteiger partial charge is 0.169 e. The summed E-state index contributed by atoms with van der Waals surface area (Å²) in [5, 5.41) is 5.61. The maximum Gasteiger partial charge on any atom is 0.169 e. The van der Waals surface area contributed by atoms with Gasteiger partial charge in [-0.2, -0.15) is 0 Å². The van der Waals surface area contributed by atoms with Crippen LogP contribution in [0, 0.1) is 0 Å². The Morgan fingerprint density at radius 1 is 1.25 bits per heavy atom. The Hall–Kier alpha value is -0.590. The second-order valence-corrected chi connectivity index (χ2v) is 7.55. The third-order valence-corrected chi connectivity index (χ3v) is 5.56. The number of thiocarbonyl (C=S) groups is 1. The molecule has 2 saturated heterocycles. The quantitative estimate of drug-likeness (QED) is 0.800. The zero-order chi connectivity index (χ0) is 16.9. The Balaban J connectivity index is 1.42. The number of nitrogens with one attached hydrogen (secondary N) is 1. The fraction of sp³-hybridized carbons (Fsp3) is 0.588. The van der Waals surface area contributed by atoms with E-state index >= 15 is 0 Å². The summed E-state index contributed by atoms with van der Waals surface area (Å²) in [6, 6.07) is 5.70. The molecule has 0 aromatic heterocycles. The van der Waals surface area contributed by atoms with Crippen LogP contribution in [0.15, 0.2) is 18.2 Å². The summed E-state index contributed by atoms with van der Waals surface area (Å²) in [6.45, 7) is 6.36. The monoisotopic (exact) mass is 387 g/mol. The summed E-state index contributed by atoms with van der Waals surface area (Å²) in [6.07, 6.45) is 2.60. The molecule has 0 radical (unpaired) electrons. The van der Waals surface area contributed by atoms with E-state index in [0.29, 0.717) is 11.1 Å². The van der Waals surface area contributed by atoms with Gasteiger partial charge in [-0.3, -0.25) is 4.90 Å². The van der Waals surface area contributed by atoms with Gasteiger partial charge in [-0.05, 0) is 42.8 Å². The molecule has 0 spiro atoms. The minimum atomic E-state index is 0.316. The van der Waals surface area contributed by atoms with Crippen molar-refractivity contribution in [2.45, 2.75) is 25.5 Å². The molecule has 1 aromatic rings. The molecule has 1 aromatic carbocycles. The van der Waals surface area contributed by atoms with Crippen molar-refractivity contribution in [2.24, 2.45) is 0 Å². The van der Waals surface area contributed by atoms with Crippen LogP contribution in [0.3, 0.4) is 0 Å². The lowest BCUT2D eigenvalue weighted by Crippen LogP contribution is -2.52. The zero-order valence-electron chi connectivity index (χ0n) is 13.6. The fourth-order valence-corrected chi connectivity index (χ4v) is 3.85. The first-order valence-electron chi connectivity index (χ1n) is 8.42. The number of ether oxygens (including phenoxy) is 1. The van der Waals surface area contributed by atoms with Gasteiger partial charge in [-0.25, -0.2) is 0 Å². The Morgan fingerprint density at radius 2 is 2.04 bits per heavy atom. The standard InChI is InChI=1S/C17H23Cl2N3OS/c18-14-4-3-13(16(19)10-14)12-21-5-7-22(8-6-21)17(24)20-11-15-2-1-9-23-15/h3-4,10,15H,1-2,5-9,11-12H2,(H,20,24). The largest absolute Gasteiger partial charge is 0.376 e. The van der Waals surface area contributed by atoms with Crippen LogP contribution in [0.5, 0.6) is 0 Å². The molecule has 1 atom stereocenters. The highest BCUT2D eigenvalue weighted by Crippen LogP contribution is 2.22. The average molecular weight is 388 g/mol. The summed E-state index contributed by atoms with van der Waals surface area (Å²) in [5.74, 6) is 0. The molecule has 132 valence electrons. The highest BCUT2D eigenvalue weighted by atomic mass is 35.5. The van der Waals surface area contributed by atoms with E-state index in [1.807, 2.05) is 12.1 Å². The molecule has 3 rings (SSSR count). The second kappa shape index (κ2) is 8.68. The summed E-state index contributed by atoms with van der Waals surface area (Å²) in [7, 11) is 0. The first kappa shape index (κ1) is 18.2. The number of hydrogen-bond donors (Lipinski definition) is 1. The molecule has 1 N–H and O–H groups in total. The molecule has 1 unspecified atom stereocenters. The zero-order valence-corrected chi connectivity index (χ0v) is 16.0. The van der Waals surface area contributed by atoms with Crippen molar-refractivity contribution in [3.8, 4) is 0 Å². The first-order chi connectivity index (χ1) is 11.6. The van der Waals surface area contributed by atoms with Crippen molar-refractivity contribution in [2.75, 3.05) is 39.3 Å². The van der Waals surface area contributed by atoms with Gasteiger partial charge < -0.3 is 15.0 Å². The van der Waals surface area contributed by atoms with Gasteiger partial charge in [0.05, 0.1) is 6.10 Å². The van der Waals surface area contributed by atoms with Gasteiger partial charge in [0.25, 0.3) is 0 Å². The number of halogens is 2. The van der Waals surface area contributed by atoms with Crippen LogP contribution in [-0.4, -0.2) is 60.3 Å². The van der Waals surface area contributed by atoms with E-state index in [1.54, 1.807) is 6.07 Å². The van der Waals surface area contributed by atoms with Gasteiger partial charge in [-0.15, -0.1) is 0 Å². The molecule has 7 heteroatoms. The number of nitrogens with zero attached hydrogens (tertiary/aromatic N) is 2. The number of rotatable bonds is 4. The van der Waals surface area contributed by atoms with Crippen LogP contribution in [0.4, 0.5) is 0 Å². The molecule has 2 aliphatic heterocycles. The molecular formula is C17H23Cl2N3OS. The SMILES string of the molecule is S=C(NCC1CCCO1)N1CCN(Cc2ccc(Cl)cc2Cl)CC1. The summed E-state index contributed by atoms with van der Waals surface area (Å²) < 4.78 is 5.62. The van der Waals surface area contributed by atoms with Crippen LogP contribution in [0.2, 0.25) is 10.0 Å². The molecular weight excluding hydrogens is 365 g/mol. The van der Waals surface area contributed by atoms with Crippen LogP contribution >= 0.6 is 35.4 Å². The van der Waals surface area contributed by atoms with Crippen molar-refractivity contribution >= 4 is 40.5 Å². The third-order valence-electron chi connectivity index (χ3n) is 4.57. The Kier molecular flexibility index (Phi) is 6.58. The van der Waals surface area contributed by atoms with Crippen molar-refractivity contribution < 1.29 is 4.74 Å². The molecule has 2 fully saturated rings. The van der Waals surface area contributed by atoms with E-state index in [9.17, 15) is 0 Å². The van der Waals surface area contributed by atoms with Gasteiger partial charge in [0.1, 0.15) is 0 Å². The first-order valence-corrected chi connectivity index (χ1v) is 9.59. The lowest BCUT2D eigenvalue weighted by molar-refractivity contribution is 0.112. The highest BCUT2D eigenvalue weighted by Gasteiger charge is 2.21. The summed E-state index contributed by atoms with van der Waals surface area (Å²) >= 11 is 17.7. The predicted octanol–water partition coefficient (Wildman–Crippen LogP) is 3.16. The van der Waals surface area contributed by atoms with E-state index < -0.39 is 0 Å². The third kappa shape index (κ3) is 4.96. The Morgan fingerprint density at radius 3 is 2.71 bits per heavy atom. The molecule has 0 aliphatic carbocycles. The van der Waals surface area contributed by atoms with E-state index in [2.05, 4.69) is 15.1 Å². The topological polar surface area (TPSA) is 27.7 Å². The predicted molar refractivity (Wildman–Crippen MR) is 103 cm³/mol. The lowest BCUT2D eigenvalue weighted by atomic mass is 10.2. The molecule has 2 heterocycles. The molecule has 0 bridgehead atoms.